The third kappa shape index (κ3) is 3.86. The Labute approximate surface area is 133 Å². The highest BCUT2D eigenvalue weighted by Gasteiger charge is 2.31. The van der Waals surface area contributed by atoms with Crippen LogP contribution in [0.3, 0.4) is 0 Å². The van der Waals surface area contributed by atoms with Crippen molar-refractivity contribution >= 4 is 21.6 Å². The molecule has 0 saturated heterocycles. The number of hydrogen-bond acceptors (Lipinski definition) is 4. The second-order valence-electron chi connectivity index (χ2n) is 6.48. The molecule has 118 valence electrons. The summed E-state index contributed by atoms with van der Waals surface area (Å²) in [5.74, 6) is 0.689. The first-order valence-electron chi connectivity index (χ1n) is 7.56. The standard InChI is InChI=1S/C15H24BrN3O2/c1-10(2)19-14(20)13(16)12(8-18-19)17-9-15(21)6-4-11(3)5-7-15/h8,10-11,17,21H,4-7,9H2,1-3H3. The van der Waals surface area contributed by atoms with E-state index in [1.807, 2.05) is 13.8 Å². The lowest BCUT2D eigenvalue weighted by atomic mass is 9.79. The molecule has 1 saturated carbocycles. The Morgan fingerprint density at radius 2 is 2.14 bits per heavy atom. The highest BCUT2D eigenvalue weighted by Crippen LogP contribution is 2.32. The molecule has 2 N–H and O–H groups in total. The van der Waals surface area contributed by atoms with E-state index in [2.05, 4.69) is 33.3 Å². The van der Waals surface area contributed by atoms with Crippen molar-refractivity contribution in [3.05, 3.63) is 21.0 Å². The van der Waals surface area contributed by atoms with Crippen molar-refractivity contribution < 1.29 is 5.11 Å². The van der Waals surface area contributed by atoms with Gasteiger partial charge in [-0.2, -0.15) is 5.10 Å². The SMILES string of the molecule is CC1CCC(O)(CNc2cnn(C(C)C)c(=O)c2Br)CC1. The summed E-state index contributed by atoms with van der Waals surface area (Å²) < 4.78 is 1.91. The maximum atomic E-state index is 12.2. The zero-order valence-corrected chi connectivity index (χ0v) is 14.5. The van der Waals surface area contributed by atoms with E-state index in [1.54, 1.807) is 6.20 Å². The summed E-state index contributed by atoms with van der Waals surface area (Å²) in [6.07, 6.45) is 5.34. The van der Waals surface area contributed by atoms with E-state index in [4.69, 9.17) is 0 Å². The van der Waals surface area contributed by atoms with Crippen LogP contribution in [0.2, 0.25) is 0 Å². The highest BCUT2D eigenvalue weighted by atomic mass is 79.9. The average molecular weight is 358 g/mol. The Morgan fingerprint density at radius 3 is 2.71 bits per heavy atom. The van der Waals surface area contributed by atoms with Gasteiger partial charge in [0.05, 0.1) is 23.5 Å². The van der Waals surface area contributed by atoms with Crippen molar-refractivity contribution in [1.82, 2.24) is 9.78 Å². The van der Waals surface area contributed by atoms with E-state index in [1.165, 1.54) is 4.68 Å². The van der Waals surface area contributed by atoms with Crippen LogP contribution < -0.4 is 10.9 Å². The Balaban J connectivity index is 2.07. The molecule has 0 bridgehead atoms. The van der Waals surface area contributed by atoms with E-state index < -0.39 is 5.60 Å². The quantitative estimate of drug-likeness (QED) is 0.869. The van der Waals surface area contributed by atoms with Crippen LogP contribution in [0.25, 0.3) is 0 Å². The molecule has 0 amide bonds. The van der Waals surface area contributed by atoms with Crippen LogP contribution in [0, 0.1) is 5.92 Å². The van der Waals surface area contributed by atoms with E-state index in [0.717, 1.165) is 25.7 Å². The molecule has 1 heterocycles. The number of rotatable bonds is 4. The Morgan fingerprint density at radius 1 is 1.52 bits per heavy atom. The summed E-state index contributed by atoms with van der Waals surface area (Å²) in [4.78, 5) is 12.2. The van der Waals surface area contributed by atoms with E-state index >= 15 is 0 Å². The van der Waals surface area contributed by atoms with Gasteiger partial charge in [0.25, 0.3) is 5.56 Å². The first kappa shape index (κ1) is 16.5. The molecule has 1 aromatic rings. The van der Waals surface area contributed by atoms with Gasteiger partial charge in [-0.3, -0.25) is 4.79 Å². The van der Waals surface area contributed by atoms with Gasteiger partial charge in [0.15, 0.2) is 0 Å². The summed E-state index contributed by atoms with van der Waals surface area (Å²) in [6.45, 7) is 6.50. The zero-order valence-electron chi connectivity index (χ0n) is 12.9. The van der Waals surface area contributed by atoms with Gasteiger partial charge in [-0.15, -0.1) is 0 Å². The van der Waals surface area contributed by atoms with Crippen molar-refractivity contribution in [2.45, 2.75) is 58.1 Å². The molecule has 1 aromatic heterocycles. The van der Waals surface area contributed by atoms with Crippen LogP contribution in [0.5, 0.6) is 0 Å². The van der Waals surface area contributed by atoms with E-state index in [-0.39, 0.29) is 11.6 Å². The lowest BCUT2D eigenvalue weighted by Gasteiger charge is -2.35. The third-order valence-electron chi connectivity index (χ3n) is 4.25. The first-order chi connectivity index (χ1) is 9.82. The summed E-state index contributed by atoms with van der Waals surface area (Å²) >= 11 is 3.33. The topological polar surface area (TPSA) is 67.2 Å². The number of halogens is 1. The molecule has 21 heavy (non-hydrogen) atoms. The maximum Gasteiger partial charge on any atom is 0.283 e. The van der Waals surface area contributed by atoms with Gasteiger partial charge in [-0.1, -0.05) is 6.92 Å². The smallest absolute Gasteiger partial charge is 0.283 e. The van der Waals surface area contributed by atoms with Gasteiger partial charge in [-0.05, 0) is 61.4 Å². The predicted octanol–water partition coefficient (Wildman–Crippen LogP) is 2.94. The minimum Gasteiger partial charge on any atom is -0.388 e. The number of nitrogens with zero attached hydrogens (tertiary/aromatic N) is 2. The van der Waals surface area contributed by atoms with Crippen molar-refractivity contribution in [1.29, 1.82) is 0 Å². The number of anilines is 1. The molecular formula is C15H24BrN3O2. The molecule has 6 heteroatoms. The van der Waals surface area contributed by atoms with Crippen molar-refractivity contribution in [3.63, 3.8) is 0 Å². The van der Waals surface area contributed by atoms with E-state index in [0.29, 0.717) is 22.6 Å². The lowest BCUT2D eigenvalue weighted by molar-refractivity contribution is 0.00499. The van der Waals surface area contributed by atoms with Crippen LogP contribution in [-0.4, -0.2) is 27.0 Å². The van der Waals surface area contributed by atoms with Crippen LogP contribution in [-0.2, 0) is 0 Å². The molecule has 0 aliphatic heterocycles. The Kier molecular flexibility index (Phi) is 5.09. The second-order valence-corrected chi connectivity index (χ2v) is 7.27. The second kappa shape index (κ2) is 6.48. The van der Waals surface area contributed by atoms with Gasteiger partial charge >= 0.3 is 0 Å². The molecule has 5 nitrogen and oxygen atoms in total. The maximum absolute atomic E-state index is 12.2. The molecule has 0 atom stereocenters. The first-order valence-corrected chi connectivity index (χ1v) is 8.35. The predicted molar refractivity (Wildman–Crippen MR) is 87.7 cm³/mol. The van der Waals surface area contributed by atoms with Gasteiger partial charge in [0.2, 0.25) is 0 Å². The summed E-state index contributed by atoms with van der Waals surface area (Å²) in [6, 6.07) is 0.0202. The van der Waals surface area contributed by atoms with Crippen LogP contribution >= 0.6 is 15.9 Å². The normalized spacial score (nSPS) is 26.1. The molecule has 2 rings (SSSR count). The number of hydrogen-bond donors (Lipinski definition) is 2. The monoisotopic (exact) mass is 357 g/mol. The van der Waals surface area contributed by atoms with Gasteiger partial charge in [0, 0.05) is 6.54 Å². The number of nitrogens with one attached hydrogen (secondary N) is 1. The fourth-order valence-electron chi connectivity index (χ4n) is 2.67. The van der Waals surface area contributed by atoms with Crippen molar-refractivity contribution in [2.24, 2.45) is 5.92 Å². The molecule has 0 unspecified atom stereocenters. The van der Waals surface area contributed by atoms with Crippen LogP contribution in [0.1, 0.15) is 52.5 Å². The lowest BCUT2D eigenvalue weighted by Crippen LogP contribution is -2.40. The van der Waals surface area contributed by atoms with Crippen LogP contribution in [0.15, 0.2) is 15.5 Å². The summed E-state index contributed by atoms with van der Waals surface area (Å²) in [5, 5.41) is 17.9. The molecule has 0 spiro atoms. The minimum absolute atomic E-state index is 0.0202. The molecule has 1 aliphatic carbocycles. The van der Waals surface area contributed by atoms with Gasteiger partial charge < -0.3 is 10.4 Å². The van der Waals surface area contributed by atoms with Crippen molar-refractivity contribution in [2.75, 3.05) is 11.9 Å². The Bertz CT molecular complexity index is 548. The summed E-state index contributed by atoms with van der Waals surface area (Å²) in [5.41, 5.74) is -0.193. The zero-order chi connectivity index (χ0) is 15.6. The van der Waals surface area contributed by atoms with Gasteiger partial charge in [-0.25, -0.2) is 4.68 Å². The minimum atomic E-state index is -0.682. The number of aliphatic hydroxyl groups is 1. The van der Waals surface area contributed by atoms with E-state index in [9.17, 15) is 9.90 Å². The largest absolute Gasteiger partial charge is 0.388 e. The summed E-state index contributed by atoms with van der Waals surface area (Å²) in [7, 11) is 0. The fraction of sp³-hybridized carbons (Fsp3) is 0.733. The Hall–Kier alpha value is -0.880. The molecule has 0 radical (unpaired) electrons. The third-order valence-corrected chi connectivity index (χ3v) is 5.01. The van der Waals surface area contributed by atoms with Gasteiger partial charge in [0.1, 0.15) is 4.47 Å². The molecule has 1 aliphatic rings. The average Bonchev–Trinajstić information content (AvgIpc) is 2.44. The number of aromatic nitrogens is 2. The fourth-order valence-corrected chi connectivity index (χ4v) is 3.10. The molecular weight excluding hydrogens is 334 g/mol. The van der Waals surface area contributed by atoms with Crippen LogP contribution in [0.4, 0.5) is 5.69 Å². The molecule has 0 aromatic carbocycles. The highest BCUT2D eigenvalue weighted by molar-refractivity contribution is 9.10. The van der Waals surface area contributed by atoms with Crippen molar-refractivity contribution in [3.8, 4) is 0 Å². The molecule has 1 fully saturated rings.